The lowest BCUT2D eigenvalue weighted by Gasteiger charge is -2.12. The van der Waals surface area contributed by atoms with Gasteiger partial charge < -0.3 is 9.73 Å². The van der Waals surface area contributed by atoms with E-state index in [1.807, 2.05) is 79.1 Å². The largest absolute Gasteiger partial charge is 0.411 e. The van der Waals surface area contributed by atoms with Crippen LogP contribution in [0.2, 0.25) is 0 Å². The maximum Gasteiger partial charge on any atom is 0.277 e. The second-order valence-corrected chi connectivity index (χ2v) is 7.72. The topological polar surface area (TPSA) is 96.7 Å². The lowest BCUT2D eigenvalue weighted by atomic mass is 10.2. The van der Waals surface area contributed by atoms with E-state index in [0.29, 0.717) is 22.5 Å². The number of aromatic nitrogens is 3. The van der Waals surface area contributed by atoms with E-state index in [0.717, 1.165) is 34.3 Å². The third-order valence-corrected chi connectivity index (χ3v) is 5.67. The molecule has 0 aliphatic heterocycles. The summed E-state index contributed by atoms with van der Waals surface area (Å²) in [5, 5.41) is 20.9. The number of amides is 1. The molecule has 0 aliphatic rings. The SMILES string of the molecule is Cc1c(C#N)c(NC(=O)CSc2nnc(-c3ccccc3)o2)n(-c2ccccc2)c1C. The number of carbonyl (C=O) groups is 1. The Morgan fingerprint density at radius 1 is 1.10 bits per heavy atom. The molecule has 2 heterocycles. The maximum atomic E-state index is 12.7. The monoisotopic (exact) mass is 429 g/mol. The molecule has 0 radical (unpaired) electrons. The van der Waals surface area contributed by atoms with Crippen LogP contribution in [0.3, 0.4) is 0 Å². The summed E-state index contributed by atoms with van der Waals surface area (Å²) >= 11 is 1.14. The smallest absolute Gasteiger partial charge is 0.277 e. The van der Waals surface area contributed by atoms with E-state index >= 15 is 0 Å². The average molecular weight is 430 g/mol. The third kappa shape index (κ3) is 4.22. The van der Waals surface area contributed by atoms with Crippen LogP contribution < -0.4 is 5.32 Å². The van der Waals surface area contributed by atoms with Crippen molar-refractivity contribution >= 4 is 23.5 Å². The highest BCUT2D eigenvalue weighted by Gasteiger charge is 2.21. The summed E-state index contributed by atoms with van der Waals surface area (Å²) in [4.78, 5) is 12.7. The first-order valence-corrected chi connectivity index (χ1v) is 10.6. The Kier molecular flexibility index (Phi) is 5.87. The van der Waals surface area contributed by atoms with E-state index in [-0.39, 0.29) is 11.7 Å². The lowest BCUT2D eigenvalue weighted by molar-refractivity contribution is -0.113. The number of nitrogens with zero attached hydrogens (tertiary/aromatic N) is 4. The van der Waals surface area contributed by atoms with Crippen molar-refractivity contribution in [3.63, 3.8) is 0 Å². The zero-order valence-electron chi connectivity index (χ0n) is 17.0. The summed E-state index contributed by atoms with van der Waals surface area (Å²) < 4.78 is 7.52. The van der Waals surface area contributed by atoms with Gasteiger partial charge in [0.1, 0.15) is 11.9 Å². The van der Waals surface area contributed by atoms with Crippen molar-refractivity contribution in [2.45, 2.75) is 19.1 Å². The number of hydrogen-bond donors (Lipinski definition) is 1. The van der Waals surface area contributed by atoms with Crippen molar-refractivity contribution in [1.29, 1.82) is 5.26 Å². The normalized spacial score (nSPS) is 10.6. The van der Waals surface area contributed by atoms with Crippen LogP contribution in [-0.2, 0) is 4.79 Å². The summed E-state index contributed by atoms with van der Waals surface area (Å²) in [7, 11) is 0. The number of rotatable bonds is 6. The Bertz CT molecular complexity index is 1260. The first-order valence-electron chi connectivity index (χ1n) is 9.57. The Balaban J connectivity index is 1.51. The third-order valence-electron chi connectivity index (χ3n) is 4.85. The highest BCUT2D eigenvalue weighted by Crippen LogP contribution is 2.30. The molecule has 1 amide bonds. The Labute approximate surface area is 183 Å². The molecule has 7 nitrogen and oxygen atoms in total. The number of anilines is 1. The molecule has 0 unspecified atom stereocenters. The van der Waals surface area contributed by atoms with Crippen LogP contribution in [0.25, 0.3) is 17.1 Å². The van der Waals surface area contributed by atoms with Crippen LogP contribution in [0, 0.1) is 25.2 Å². The summed E-state index contributed by atoms with van der Waals surface area (Å²) in [5.41, 5.74) is 3.87. The molecule has 1 N–H and O–H groups in total. The molecular weight excluding hydrogens is 410 g/mol. The minimum Gasteiger partial charge on any atom is -0.411 e. The molecule has 0 saturated carbocycles. The Morgan fingerprint density at radius 3 is 2.45 bits per heavy atom. The van der Waals surface area contributed by atoms with Crippen LogP contribution in [0.15, 0.2) is 70.3 Å². The van der Waals surface area contributed by atoms with E-state index in [4.69, 9.17) is 4.42 Å². The minimum absolute atomic E-state index is 0.0688. The van der Waals surface area contributed by atoms with Gasteiger partial charge in [0, 0.05) is 16.9 Å². The van der Waals surface area contributed by atoms with Crippen LogP contribution in [0.1, 0.15) is 16.8 Å². The predicted molar refractivity (Wildman–Crippen MR) is 119 cm³/mol. The van der Waals surface area contributed by atoms with E-state index in [1.165, 1.54) is 0 Å². The van der Waals surface area contributed by atoms with E-state index in [9.17, 15) is 10.1 Å². The van der Waals surface area contributed by atoms with Crippen molar-refractivity contribution in [2.75, 3.05) is 11.1 Å². The average Bonchev–Trinajstić information content (AvgIpc) is 3.36. The van der Waals surface area contributed by atoms with Crippen molar-refractivity contribution in [3.8, 4) is 23.2 Å². The molecule has 4 rings (SSSR count). The molecule has 2 aromatic carbocycles. The zero-order valence-corrected chi connectivity index (χ0v) is 17.8. The van der Waals surface area contributed by atoms with Gasteiger partial charge in [0.05, 0.1) is 11.3 Å². The molecule has 31 heavy (non-hydrogen) atoms. The number of nitriles is 1. The number of nitrogens with one attached hydrogen (secondary N) is 1. The Hall–Kier alpha value is -3.83. The predicted octanol–water partition coefficient (Wildman–Crippen LogP) is 4.75. The van der Waals surface area contributed by atoms with Gasteiger partial charge in [-0.2, -0.15) is 5.26 Å². The van der Waals surface area contributed by atoms with Gasteiger partial charge in [0.25, 0.3) is 5.22 Å². The highest BCUT2D eigenvalue weighted by atomic mass is 32.2. The van der Waals surface area contributed by atoms with Crippen molar-refractivity contribution in [3.05, 3.63) is 77.5 Å². The number of carbonyl (C=O) groups excluding carboxylic acids is 1. The summed E-state index contributed by atoms with van der Waals surface area (Å²) in [5.74, 6) is 0.666. The fourth-order valence-corrected chi connectivity index (χ4v) is 3.78. The maximum absolute atomic E-state index is 12.7. The second kappa shape index (κ2) is 8.90. The molecule has 4 aromatic rings. The zero-order chi connectivity index (χ0) is 21.8. The fourth-order valence-electron chi connectivity index (χ4n) is 3.22. The van der Waals surface area contributed by atoms with E-state index in [1.54, 1.807) is 0 Å². The molecule has 0 aliphatic carbocycles. The van der Waals surface area contributed by atoms with Crippen LogP contribution in [0.5, 0.6) is 0 Å². The molecule has 0 saturated heterocycles. The minimum atomic E-state index is -0.268. The fraction of sp³-hybridized carbons (Fsp3) is 0.130. The standard InChI is InChI=1S/C23H19N5O2S/c1-15-16(2)28(18-11-7-4-8-12-18)21(19(15)13-24)25-20(29)14-31-23-27-26-22(30-23)17-9-5-3-6-10-17/h3-12H,14H2,1-2H3,(H,25,29). The number of benzene rings is 2. The van der Waals surface area contributed by atoms with Gasteiger partial charge in [0.15, 0.2) is 0 Å². The molecule has 2 aromatic heterocycles. The van der Waals surface area contributed by atoms with Crippen molar-refractivity contribution < 1.29 is 9.21 Å². The molecule has 0 bridgehead atoms. The first kappa shape index (κ1) is 20.4. The summed E-state index contributed by atoms with van der Waals surface area (Å²) in [6.45, 7) is 3.80. The van der Waals surface area contributed by atoms with Gasteiger partial charge in [-0.25, -0.2) is 0 Å². The van der Waals surface area contributed by atoms with Gasteiger partial charge in [-0.3, -0.25) is 9.36 Å². The first-order chi connectivity index (χ1) is 15.1. The summed E-state index contributed by atoms with van der Waals surface area (Å²) in [6, 6.07) is 21.3. The van der Waals surface area contributed by atoms with Gasteiger partial charge in [-0.05, 0) is 43.7 Å². The van der Waals surface area contributed by atoms with Gasteiger partial charge in [0.2, 0.25) is 11.8 Å². The molecule has 0 spiro atoms. The number of thioether (sulfide) groups is 1. The molecule has 8 heteroatoms. The lowest BCUT2D eigenvalue weighted by Crippen LogP contribution is -2.17. The van der Waals surface area contributed by atoms with Crippen LogP contribution in [-0.4, -0.2) is 26.4 Å². The van der Waals surface area contributed by atoms with E-state index in [2.05, 4.69) is 21.6 Å². The Morgan fingerprint density at radius 2 is 1.77 bits per heavy atom. The van der Waals surface area contributed by atoms with Gasteiger partial charge in [-0.1, -0.05) is 48.2 Å². The van der Waals surface area contributed by atoms with Crippen LogP contribution >= 0.6 is 11.8 Å². The van der Waals surface area contributed by atoms with Crippen LogP contribution in [0.4, 0.5) is 5.82 Å². The number of para-hydroxylation sites is 1. The van der Waals surface area contributed by atoms with E-state index < -0.39 is 0 Å². The molecular formula is C23H19N5O2S. The highest BCUT2D eigenvalue weighted by molar-refractivity contribution is 7.99. The van der Waals surface area contributed by atoms with Crippen molar-refractivity contribution in [2.24, 2.45) is 0 Å². The molecule has 0 fully saturated rings. The molecule has 154 valence electrons. The second-order valence-electron chi connectivity index (χ2n) is 6.79. The van der Waals surface area contributed by atoms with Crippen molar-refractivity contribution in [1.82, 2.24) is 14.8 Å². The van der Waals surface area contributed by atoms with Gasteiger partial charge in [-0.15, -0.1) is 10.2 Å². The quantitative estimate of drug-likeness (QED) is 0.445. The molecule has 0 atom stereocenters. The number of hydrogen-bond acceptors (Lipinski definition) is 6. The summed E-state index contributed by atoms with van der Waals surface area (Å²) in [6.07, 6.45) is 0. The van der Waals surface area contributed by atoms with Gasteiger partial charge >= 0.3 is 0 Å².